The van der Waals surface area contributed by atoms with Gasteiger partial charge in [0, 0.05) is 24.4 Å². The molecule has 0 spiro atoms. The fourth-order valence-electron chi connectivity index (χ4n) is 2.43. The Hall–Kier alpha value is 0.270. The van der Waals surface area contributed by atoms with Gasteiger partial charge in [0.2, 0.25) is 0 Å². The lowest BCUT2D eigenvalue weighted by molar-refractivity contribution is 0.0626. The van der Waals surface area contributed by atoms with Gasteiger partial charge in [-0.2, -0.15) is 11.8 Å². The summed E-state index contributed by atoms with van der Waals surface area (Å²) in [4.78, 5) is 0. The van der Waals surface area contributed by atoms with Crippen molar-refractivity contribution < 1.29 is 4.74 Å². The molecule has 15 heavy (non-hydrogen) atoms. The van der Waals surface area contributed by atoms with E-state index >= 15 is 0 Å². The molecular weight excluding hydrogens is 206 g/mol. The molecule has 3 heteroatoms. The van der Waals surface area contributed by atoms with Gasteiger partial charge < -0.3 is 10.1 Å². The van der Waals surface area contributed by atoms with Crippen LogP contribution < -0.4 is 5.32 Å². The maximum atomic E-state index is 5.39. The highest BCUT2D eigenvalue weighted by atomic mass is 32.2. The van der Waals surface area contributed by atoms with Gasteiger partial charge >= 0.3 is 0 Å². The number of rotatable bonds is 5. The van der Waals surface area contributed by atoms with E-state index in [9.17, 15) is 0 Å². The second-order valence-electron chi connectivity index (χ2n) is 4.98. The number of hydrogen-bond donors (Lipinski definition) is 1. The molecule has 0 bridgehead atoms. The highest BCUT2D eigenvalue weighted by Crippen LogP contribution is 2.46. The van der Waals surface area contributed by atoms with E-state index in [0.29, 0.717) is 10.9 Å². The van der Waals surface area contributed by atoms with Gasteiger partial charge in [-0.1, -0.05) is 0 Å². The minimum Gasteiger partial charge on any atom is -0.381 e. The summed E-state index contributed by atoms with van der Waals surface area (Å²) >= 11 is 2.04. The maximum absolute atomic E-state index is 5.39. The number of thioether (sulfide) groups is 1. The predicted molar refractivity (Wildman–Crippen MR) is 66.5 cm³/mol. The molecule has 2 fully saturated rings. The van der Waals surface area contributed by atoms with Crippen LogP contribution in [0.2, 0.25) is 0 Å². The molecule has 0 heterocycles. The van der Waals surface area contributed by atoms with Gasteiger partial charge in [-0.15, -0.1) is 0 Å². The summed E-state index contributed by atoms with van der Waals surface area (Å²) < 4.78 is 6.00. The smallest absolute Gasteiger partial charge is 0.0572 e. The van der Waals surface area contributed by atoms with Gasteiger partial charge in [-0.05, 0) is 44.8 Å². The fourth-order valence-corrected chi connectivity index (χ4v) is 3.16. The van der Waals surface area contributed by atoms with Crippen LogP contribution in [0.1, 0.15) is 38.5 Å². The van der Waals surface area contributed by atoms with Crippen LogP contribution in [0.25, 0.3) is 0 Å². The maximum Gasteiger partial charge on any atom is 0.0572 e. The summed E-state index contributed by atoms with van der Waals surface area (Å²) in [5, 5.41) is 3.74. The van der Waals surface area contributed by atoms with Gasteiger partial charge in [0.25, 0.3) is 0 Å². The van der Waals surface area contributed by atoms with Gasteiger partial charge in [0.05, 0.1) is 6.10 Å². The van der Waals surface area contributed by atoms with Crippen LogP contribution in [0.3, 0.4) is 0 Å². The van der Waals surface area contributed by atoms with Crippen molar-refractivity contribution >= 4 is 11.8 Å². The number of ether oxygens (including phenoxy) is 1. The molecule has 2 saturated carbocycles. The lowest BCUT2D eigenvalue weighted by Gasteiger charge is -2.29. The van der Waals surface area contributed by atoms with Crippen molar-refractivity contribution in [1.29, 1.82) is 0 Å². The molecule has 0 unspecified atom stereocenters. The van der Waals surface area contributed by atoms with E-state index in [1.807, 2.05) is 18.9 Å². The molecular formula is C12H23NOS. The van der Waals surface area contributed by atoms with E-state index in [1.54, 1.807) is 0 Å². The Morgan fingerprint density at radius 1 is 1.27 bits per heavy atom. The van der Waals surface area contributed by atoms with Crippen LogP contribution in [-0.2, 0) is 4.74 Å². The summed E-state index contributed by atoms with van der Waals surface area (Å²) in [5.74, 6) is 0. The Labute approximate surface area is 97.5 Å². The summed E-state index contributed by atoms with van der Waals surface area (Å²) in [6.45, 7) is 1.22. The van der Waals surface area contributed by atoms with Gasteiger partial charge in [-0.3, -0.25) is 0 Å². The monoisotopic (exact) mass is 229 g/mol. The molecule has 88 valence electrons. The zero-order valence-electron chi connectivity index (χ0n) is 9.92. The highest BCUT2D eigenvalue weighted by molar-refractivity contribution is 8.00. The third-order valence-corrected chi connectivity index (χ3v) is 5.38. The molecule has 2 aliphatic carbocycles. The first-order valence-electron chi connectivity index (χ1n) is 6.09. The van der Waals surface area contributed by atoms with Gasteiger partial charge in [0.1, 0.15) is 0 Å². The molecule has 2 rings (SSSR count). The van der Waals surface area contributed by atoms with Crippen molar-refractivity contribution in [2.45, 2.75) is 55.4 Å². The van der Waals surface area contributed by atoms with Crippen LogP contribution in [0.5, 0.6) is 0 Å². The largest absolute Gasteiger partial charge is 0.381 e. The molecule has 0 aromatic heterocycles. The van der Waals surface area contributed by atoms with E-state index in [0.717, 1.165) is 6.04 Å². The highest BCUT2D eigenvalue weighted by Gasteiger charge is 2.41. The molecule has 0 saturated heterocycles. The summed E-state index contributed by atoms with van der Waals surface area (Å²) in [6.07, 6.45) is 10.7. The minimum absolute atomic E-state index is 0.526. The van der Waals surface area contributed by atoms with Crippen molar-refractivity contribution in [2.24, 2.45) is 0 Å². The Morgan fingerprint density at radius 3 is 2.40 bits per heavy atom. The lowest BCUT2D eigenvalue weighted by Crippen LogP contribution is -2.39. The van der Waals surface area contributed by atoms with E-state index in [-0.39, 0.29) is 0 Å². The molecule has 0 atom stereocenters. The first kappa shape index (κ1) is 11.7. The molecule has 0 aromatic rings. The number of hydrogen-bond acceptors (Lipinski definition) is 3. The van der Waals surface area contributed by atoms with Gasteiger partial charge in [-0.25, -0.2) is 0 Å². The average molecular weight is 229 g/mol. The quantitative estimate of drug-likeness (QED) is 0.782. The first-order valence-corrected chi connectivity index (χ1v) is 7.32. The van der Waals surface area contributed by atoms with E-state index in [1.165, 1.54) is 45.1 Å². The zero-order chi connectivity index (χ0) is 10.7. The second kappa shape index (κ2) is 5.07. The second-order valence-corrected chi connectivity index (χ2v) is 6.25. The Morgan fingerprint density at radius 2 is 1.93 bits per heavy atom. The predicted octanol–water partition coefficient (Wildman–Crippen LogP) is 2.43. The standard InChI is InChI=1S/C12H23NOS/c1-14-11-5-3-10(4-6-11)13-9-12(15-2)7-8-12/h10-11,13H,3-9H2,1-2H3. The van der Waals surface area contributed by atoms with Crippen molar-refractivity contribution in [3.8, 4) is 0 Å². The molecule has 0 amide bonds. The van der Waals surface area contributed by atoms with Crippen molar-refractivity contribution in [1.82, 2.24) is 5.32 Å². The lowest BCUT2D eigenvalue weighted by atomic mass is 9.93. The third kappa shape index (κ3) is 3.11. The van der Waals surface area contributed by atoms with Crippen LogP contribution in [-0.4, -0.2) is 36.8 Å². The molecule has 0 aromatic carbocycles. The number of nitrogens with one attached hydrogen (secondary N) is 1. The average Bonchev–Trinajstić information content (AvgIpc) is 3.08. The number of methoxy groups -OCH3 is 1. The van der Waals surface area contributed by atoms with E-state index < -0.39 is 0 Å². The van der Waals surface area contributed by atoms with E-state index in [2.05, 4.69) is 11.6 Å². The first-order chi connectivity index (χ1) is 7.28. The van der Waals surface area contributed by atoms with Crippen molar-refractivity contribution in [3.05, 3.63) is 0 Å². The van der Waals surface area contributed by atoms with Crippen LogP contribution in [0.15, 0.2) is 0 Å². The van der Waals surface area contributed by atoms with Crippen molar-refractivity contribution in [3.63, 3.8) is 0 Å². The summed E-state index contributed by atoms with van der Waals surface area (Å²) in [6, 6.07) is 0.751. The van der Waals surface area contributed by atoms with Crippen LogP contribution in [0, 0.1) is 0 Å². The Balaban J connectivity index is 1.64. The topological polar surface area (TPSA) is 21.3 Å². The molecule has 1 N–H and O–H groups in total. The Bertz CT molecular complexity index is 198. The SMILES string of the molecule is COC1CCC(NCC2(SC)CC2)CC1. The molecule has 0 aliphatic heterocycles. The molecule has 0 radical (unpaired) electrons. The van der Waals surface area contributed by atoms with Crippen molar-refractivity contribution in [2.75, 3.05) is 19.9 Å². The van der Waals surface area contributed by atoms with Gasteiger partial charge in [0.15, 0.2) is 0 Å². The van der Waals surface area contributed by atoms with Crippen LogP contribution in [0.4, 0.5) is 0 Å². The molecule has 2 nitrogen and oxygen atoms in total. The molecule has 2 aliphatic rings. The third-order valence-electron chi connectivity index (χ3n) is 3.96. The van der Waals surface area contributed by atoms with E-state index in [4.69, 9.17) is 4.74 Å². The fraction of sp³-hybridized carbons (Fsp3) is 1.00. The van der Waals surface area contributed by atoms with Crippen LogP contribution >= 0.6 is 11.8 Å². The minimum atomic E-state index is 0.526. The zero-order valence-corrected chi connectivity index (χ0v) is 10.7. The summed E-state index contributed by atoms with van der Waals surface area (Å²) in [7, 11) is 1.84. The Kier molecular flexibility index (Phi) is 3.97. The summed E-state index contributed by atoms with van der Waals surface area (Å²) in [5.41, 5.74) is 0. The normalized spacial score (nSPS) is 34.0.